The van der Waals surface area contributed by atoms with Gasteiger partial charge in [0.15, 0.2) is 5.78 Å². The van der Waals surface area contributed by atoms with Gasteiger partial charge in [0, 0.05) is 24.8 Å². The Bertz CT molecular complexity index is 1580. The smallest absolute Gasteiger partial charge is 0.278 e. The van der Waals surface area contributed by atoms with Crippen molar-refractivity contribution in [3.63, 3.8) is 0 Å². The molecule has 4 rings (SSSR count). The number of amides is 2. The largest absolute Gasteiger partial charge is 0.478 e. The molecule has 11 nitrogen and oxygen atoms in total. The fraction of sp³-hybridized carbons (Fsp3) is 0.250. The summed E-state index contributed by atoms with van der Waals surface area (Å²) in [4.78, 5) is 60.1. The summed E-state index contributed by atoms with van der Waals surface area (Å²) in [5.74, 6) is -0.999. The Balaban J connectivity index is 1.51. The van der Waals surface area contributed by atoms with Crippen LogP contribution in [0.3, 0.4) is 0 Å². The molecule has 43 heavy (non-hydrogen) atoms. The minimum Gasteiger partial charge on any atom is -0.478 e. The van der Waals surface area contributed by atoms with Crippen molar-refractivity contribution in [1.82, 2.24) is 19.9 Å². The van der Waals surface area contributed by atoms with E-state index in [-0.39, 0.29) is 31.0 Å². The third-order valence-corrected chi connectivity index (χ3v) is 6.49. The summed E-state index contributed by atoms with van der Waals surface area (Å²) in [5, 5.41) is 15.9. The number of rotatable bonds is 14. The number of aliphatic hydroxyl groups excluding tert-OH is 1. The third kappa shape index (κ3) is 8.91. The van der Waals surface area contributed by atoms with Crippen molar-refractivity contribution in [3.05, 3.63) is 107 Å². The molecule has 2 aromatic heterocycles. The minimum atomic E-state index is -1.35. The van der Waals surface area contributed by atoms with Crippen LogP contribution in [0.15, 0.2) is 96.1 Å². The standard InChI is InChI=1S/C32H33N5O6/c1-22(38)35-26-20-34-31(24-13-6-3-7-14-24)37(32(26)42)21-28(40)36-25(19-23-11-4-2-5-12-23)30(41)27(39)15-10-18-43-29-16-8-9-17-33-29/h2-9,11-14,16-17,20,25,27,39H,10,15,18-19,21H2,1H3,(H,35,38)(H,36,40)/t25-,27?/m0/s1. The van der Waals surface area contributed by atoms with Crippen molar-refractivity contribution < 1.29 is 24.2 Å². The summed E-state index contributed by atoms with van der Waals surface area (Å²) in [5.41, 5.74) is 0.656. The zero-order chi connectivity index (χ0) is 30.6. The summed E-state index contributed by atoms with van der Waals surface area (Å²) in [7, 11) is 0. The lowest BCUT2D eigenvalue weighted by Crippen LogP contribution is -2.48. The molecule has 0 aliphatic rings. The molecule has 11 heteroatoms. The van der Waals surface area contributed by atoms with E-state index in [9.17, 15) is 24.3 Å². The number of aliphatic hydroxyl groups is 1. The molecule has 2 aromatic carbocycles. The minimum absolute atomic E-state index is 0.0831. The normalized spacial score (nSPS) is 12.1. The van der Waals surface area contributed by atoms with Crippen molar-refractivity contribution in [2.45, 2.75) is 44.9 Å². The van der Waals surface area contributed by atoms with Crippen molar-refractivity contribution >= 4 is 23.3 Å². The first kappa shape index (κ1) is 30.8. The van der Waals surface area contributed by atoms with Crippen LogP contribution in [0.2, 0.25) is 0 Å². The number of anilines is 1. The van der Waals surface area contributed by atoms with Crippen LogP contribution in [0.4, 0.5) is 5.69 Å². The maximum atomic E-state index is 13.4. The van der Waals surface area contributed by atoms with Gasteiger partial charge in [-0.2, -0.15) is 0 Å². The molecular formula is C32H33N5O6. The molecule has 0 radical (unpaired) electrons. The summed E-state index contributed by atoms with van der Waals surface area (Å²) in [6.07, 6.45) is 2.13. The molecule has 4 aromatic rings. The molecule has 0 aliphatic heterocycles. The number of ether oxygens (including phenoxy) is 1. The number of nitrogens with zero attached hydrogens (tertiary/aromatic N) is 3. The first-order chi connectivity index (χ1) is 20.8. The van der Waals surface area contributed by atoms with Gasteiger partial charge in [0.25, 0.3) is 5.56 Å². The second-order valence-corrected chi connectivity index (χ2v) is 9.82. The van der Waals surface area contributed by atoms with Crippen LogP contribution in [-0.2, 0) is 27.3 Å². The average molecular weight is 584 g/mol. The monoisotopic (exact) mass is 583 g/mol. The quantitative estimate of drug-likeness (QED) is 0.192. The molecule has 0 bridgehead atoms. The number of pyridine rings is 1. The second-order valence-electron chi connectivity index (χ2n) is 9.82. The van der Waals surface area contributed by atoms with Crippen molar-refractivity contribution in [1.29, 1.82) is 0 Å². The molecule has 222 valence electrons. The van der Waals surface area contributed by atoms with Gasteiger partial charge >= 0.3 is 0 Å². The SMILES string of the molecule is CC(=O)Nc1cnc(-c2ccccc2)n(CC(=O)N[C@@H](Cc2ccccc2)C(=O)C(O)CCCOc2ccccn2)c1=O. The average Bonchev–Trinajstić information content (AvgIpc) is 3.02. The highest BCUT2D eigenvalue weighted by Gasteiger charge is 2.28. The van der Waals surface area contributed by atoms with Crippen molar-refractivity contribution in [3.8, 4) is 17.3 Å². The van der Waals surface area contributed by atoms with Crippen LogP contribution < -0.4 is 20.9 Å². The summed E-state index contributed by atoms with van der Waals surface area (Å²) in [6, 6.07) is 22.1. The van der Waals surface area contributed by atoms with E-state index in [4.69, 9.17) is 4.74 Å². The van der Waals surface area contributed by atoms with E-state index < -0.39 is 41.8 Å². The van der Waals surface area contributed by atoms with Gasteiger partial charge in [0.05, 0.1) is 18.8 Å². The highest BCUT2D eigenvalue weighted by molar-refractivity contribution is 5.92. The number of carbonyl (C=O) groups excluding carboxylic acids is 3. The Morgan fingerprint density at radius 2 is 1.65 bits per heavy atom. The number of carbonyl (C=O) groups is 3. The van der Waals surface area contributed by atoms with E-state index in [1.165, 1.54) is 13.1 Å². The van der Waals surface area contributed by atoms with Crippen LogP contribution in [0.25, 0.3) is 11.4 Å². The van der Waals surface area contributed by atoms with Gasteiger partial charge in [-0.3, -0.25) is 23.7 Å². The number of Topliss-reactive ketones (excluding diaryl/α,β-unsaturated/α-hetero) is 1. The Hall–Kier alpha value is -5.16. The van der Waals surface area contributed by atoms with E-state index in [0.29, 0.717) is 17.9 Å². The van der Waals surface area contributed by atoms with Crippen LogP contribution in [-0.4, -0.2) is 56.0 Å². The number of nitrogens with one attached hydrogen (secondary N) is 2. The van der Waals surface area contributed by atoms with Gasteiger partial charge < -0.3 is 20.5 Å². The van der Waals surface area contributed by atoms with Crippen molar-refractivity contribution in [2.24, 2.45) is 0 Å². The van der Waals surface area contributed by atoms with Gasteiger partial charge in [-0.25, -0.2) is 9.97 Å². The molecule has 3 N–H and O–H groups in total. The molecule has 2 amide bonds. The van der Waals surface area contributed by atoms with E-state index >= 15 is 0 Å². The van der Waals surface area contributed by atoms with E-state index in [2.05, 4.69) is 20.6 Å². The molecular weight excluding hydrogens is 550 g/mol. The van der Waals surface area contributed by atoms with E-state index in [1.54, 1.807) is 54.7 Å². The first-order valence-corrected chi connectivity index (χ1v) is 13.8. The number of hydrogen-bond donors (Lipinski definition) is 3. The van der Waals surface area contributed by atoms with Gasteiger partial charge in [0.1, 0.15) is 24.2 Å². The predicted octanol–water partition coefficient (Wildman–Crippen LogP) is 2.78. The summed E-state index contributed by atoms with van der Waals surface area (Å²) in [6.45, 7) is 1.04. The maximum Gasteiger partial charge on any atom is 0.278 e. The lowest BCUT2D eigenvalue weighted by molar-refractivity contribution is -0.133. The van der Waals surface area contributed by atoms with Gasteiger partial charge in [0.2, 0.25) is 17.7 Å². The molecule has 0 aliphatic carbocycles. The van der Waals surface area contributed by atoms with E-state index in [0.717, 1.165) is 10.1 Å². The third-order valence-electron chi connectivity index (χ3n) is 6.49. The zero-order valence-electron chi connectivity index (χ0n) is 23.7. The Morgan fingerprint density at radius 3 is 2.33 bits per heavy atom. The maximum absolute atomic E-state index is 13.4. The number of aromatic nitrogens is 3. The van der Waals surface area contributed by atoms with Crippen LogP contribution in [0.1, 0.15) is 25.3 Å². The lowest BCUT2D eigenvalue weighted by atomic mass is 9.97. The van der Waals surface area contributed by atoms with E-state index in [1.807, 2.05) is 30.3 Å². The van der Waals surface area contributed by atoms with Gasteiger partial charge in [-0.1, -0.05) is 66.7 Å². The summed E-state index contributed by atoms with van der Waals surface area (Å²) < 4.78 is 6.69. The molecule has 0 saturated carbocycles. The van der Waals surface area contributed by atoms with Gasteiger partial charge in [-0.05, 0) is 30.9 Å². The molecule has 0 saturated heterocycles. The molecule has 0 spiro atoms. The zero-order valence-corrected chi connectivity index (χ0v) is 23.7. The highest BCUT2D eigenvalue weighted by Crippen LogP contribution is 2.17. The molecule has 1 unspecified atom stereocenters. The predicted molar refractivity (Wildman–Crippen MR) is 160 cm³/mol. The van der Waals surface area contributed by atoms with Crippen molar-refractivity contribution in [2.75, 3.05) is 11.9 Å². The topological polar surface area (TPSA) is 153 Å². The molecule has 2 atom stereocenters. The van der Waals surface area contributed by atoms with Crippen LogP contribution >= 0.6 is 0 Å². The fourth-order valence-electron chi connectivity index (χ4n) is 4.45. The Kier molecular flexibility index (Phi) is 10.9. The first-order valence-electron chi connectivity index (χ1n) is 13.8. The Morgan fingerprint density at radius 1 is 0.953 bits per heavy atom. The molecule has 0 fully saturated rings. The molecule has 2 heterocycles. The fourth-order valence-corrected chi connectivity index (χ4v) is 4.45. The van der Waals surface area contributed by atoms with Crippen LogP contribution in [0.5, 0.6) is 5.88 Å². The number of benzene rings is 2. The Labute approximate surface area is 248 Å². The second kappa shape index (κ2) is 15.2. The van der Waals surface area contributed by atoms with Crippen LogP contribution in [0, 0.1) is 0 Å². The number of hydrogen-bond acceptors (Lipinski definition) is 8. The number of ketones is 1. The van der Waals surface area contributed by atoms with Gasteiger partial charge in [-0.15, -0.1) is 0 Å². The highest BCUT2D eigenvalue weighted by atomic mass is 16.5. The summed E-state index contributed by atoms with van der Waals surface area (Å²) >= 11 is 0. The lowest BCUT2D eigenvalue weighted by Gasteiger charge is -2.22.